The SMILES string of the molecule is COC(=O)C1CC(O)CN1Cc1cc2cc(F)ccc2o1. The molecular weight excluding hydrogens is 277 g/mol. The Labute approximate surface area is 120 Å². The quantitative estimate of drug-likeness (QED) is 0.872. The van der Waals surface area contributed by atoms with E-state index in [4.69, 9.17) is 9.15 Å². The molecular formula is C15H16FNO4. The molecule has 2 atom stereocenters. The summed E-state index contributed by atoms with van der Waals surface area (Å²) in [6.45, 7) is 0.748. The van der Waals surface area contributed by atoms with Crippen molar-refractivity contribution in [1.29, 1.82) is 0 Å². The Morgan fingerprint density at radius 1 is 1.52 bits per heavy atom. The largest absolute Gasteiger partial charge is 0.468 e. The zero-order valence-electron chi connectivity index (χ0n) is 11.6. The summed E-state index contributed by atoms with van der Waals surface area (Å²) in [5.41, 5.74) is 0.598. The van der Waals surface area contributed by atoms with E-state index in [1.807, 2.05) is 4.90 Å². The summed E-state index contributed by atoms with van der Waals surface area (Å²) < 4.78 is 23.6. The van der Waals surface area contributed by atoms with Crippen LogP contribution in [0.2, 0.25) is 0 Å². The number of rotatable bonds is 3. The highest BCUT2D eigenvalue weighted by Crippen LogP contribution is 2.25. The van der Waals surface area contributed by atoms with Crippen molar-refractivity contribution in [1.82, 2.24) is 4.90 Å². The smallest absolute Gasteiger partial charge is 0.323 e. The Bertz CT molecular complexity index is 669. The van der Waals surface area contributed by atoms with Crippen molar-refractivity contribution in [2.24, 2.45) is 0 Å². The number of fused-ring (bicyclic) bond motifs is 1. The zero-order chi connectivity index (χ0) is 15.0. The van der Waals surface area contributed by atoms with Gasteiger partial charge in [0.05, 0.1) is 19.8 Å². The summed E-state index contributed by atoms with van der Waals surface area (Å²) >= 11 is 0. The Kier molecular flexibility index (Phi) is 3.65. The standard InChI is InChI=1S/C15H16FNO4/c1-20-15(19)13-6-11(18)7-17(13)8-12-5-9-4-10(16)2-3-14(9)21-12/h2-5,11,13,18H,6-8H2,1H3. The molecule has 1 N–H and O–H groups in total. The van der Waals surface area contributed by atoms with Crippen LogP contribution in [0.1, 0.15) is 12.2 Å². The summed E-state index contributed by atoms with van der Waals surface area (Å²) in [6.07, 6.45) is -0.211. The Hall–Kier alpha value is -1.92. The number of likely N-dealkylation sites (tertiary alicyclic amines) is 1. The molecule has 0 aliphatic carbocycles. The fraction of sp³-hybridized carbons (Fsp3) is 0.400. The van der Waals surface area contributed by atoms with E-state index in [9.17, 15) is 14.3 Å². The number of esters is 1. The number of β-amino-alcohol motifs (C(OH)–C–C–N with tert-alkyl or cyclic N) is 1. The number of aliphatic hydroxyl groups excluding tert-OH is 1. The molecule has 2 aromatic rings. The van der Waals surface area contributed by atoms with Crippen LogP contribution < -0.4 is 0 Å². The van der Waals surface area contributed by atoms with Crippen molar-refractivity contribution in [3.8, 4) is 0 Å². The van der Waals surface area contributed by atoms with Gasteiger partial charge in [0.15, 0.2) is 0 Å². The van der Waals surface area contributed by atoms with Crippen LogP contribution in [0.4, 0.5) is 4.39 Å². The minimum Gasteiger partial charge on any atom is -0.468 e. The molecule has 0 spiro atoms. The second-order valence-corrected chi connectivity index (χ2v) is 5.25. The van der Waals surface area contributed by atoms with Gasteiger partial charge >= 0.3 is 5.97 Å². The fourth-order valence-electron chi connectivity index (χ4n) is 2.78. The van der Waals surface area contributed by atoms with E-state index < -0.39 is 12.1 Å². The minimum absolute atomic E-state index is 0.320. The molecule has 2 unspecified atom stereocenters. The molecule has 1 aromatic carbocycles. The van der Waals surface area contributed by atoms with Gasteiger partial charge in [-0.1, -0.05) is 0 Å². The average molecular weight is 293 g/mol. The van der Waals surface area contributed by atoms with E-state index in [0.717, 1.165) is 0 Å². The molecule has 0 bridgehead atoms. The lowest BCUT2D eigenvalue weighted by Crippen LogP contribution is -2.36. The lowest BCUT2D eigenvalue weighted by Gasteiger charge is -2.20. The number of nitrogens with zero attached hydrogens (tertiary/aromatic N) is 1. The molecule has 1 saturated heterocycles. The van der Waals surface area contributed by atoms with E-state index in [-0.39, 0.29) is 11.8 Å². The van der Waals surface area contributed by atoms with Crippen LogP contribution in [0.25, 0.3) is 11.0 Å². The summed E-state index contributed by atoms with van der Waals surface area (Å²) in [6, 6.07) is 5.59. The Morgan fingerprint density at radius 3 is 3.10 bits per heavy atom. The molecule has 5 nitrogen and oxygen atoms in total. The number of ether oxygens (including phenoxy) is 1. The van der Waals surface area contributed by atoms with Crippen molar-refractivity contribution in [2.45, 2.75) is 25.1 Å². The normalized spacial score (nSPS) is 22.8. The van der Waals surface area contributed by atoms with Crippen LogP contribution >= 0.6 is 0 Å². The van der Waals surface area contributed by atoms with Crippen LogP contribution in [-0.4, -0.2) is 41.8 Å². The van der Waals surface area contributed by atoms with E-state index in [2.05, 4.69) is 0 Å². The maximum atomic E-state index is 13.2. The van der Waals surface area contributed by atoms with Gasteiger partial charge in [0, 0.05) is 18.4 Å². The predicted octanol–water partition coefficient (Wildman–Crippen LogP) is 1.68. The van der Waals surface area contributed by atoms with Crippen molar-refractivity contribution in [3.63, 3.8) is 0 Å². The molecule has 3 rings (SSSR count). The van der Waals surface area contributed by atoms with Gasteiger partial charge in [-0.05, 0) is 24.3 Å². The molecule has 6 heteroatoms. The van der Waals surface area contributed by atoms with Crippen molar-refractivity contribution in [3.05, 3.63) is 35.8 Å². The van der Waals surface area contributed by atoms with Gasteiger partial charge in [0.1, 0.15) is 23.2 Å². The second-order valence-electron chi connectivity index (χ2n) is 5.25. The number of furan rings is 1. The van der Waals surface area contributed by atoms with Crippen LogP contribution in [0, 0.1) is 5.82 Å². The third kappa shape index (κ3) is 2.77. The van der Waals surface area contributed by atoms with Crippen LogP contribution in [0.15, 0.2) is 28.7 Å². The molecule has 1 aromatic heterocycles. The van der Waals surface area contributed by atoms with E-state index in [1.165, 1.54) is 19.2 Å². The van der Waals surface area contributed by atoms with E-state index >= 15 is 0 Å². The lowest BCUT2D eigenvalue weighted by atomic mass is 10.2. The molecule has 1 aliphatic heterocycles. The predicted molar refractivity (Wildman–Crippen MR) is 73.0 cm³/mol. The first kappa shape index (κ1) is 14.0. The summed E-state index contributed by atoms with van der Waals surface area (Å²) in [4.78, 5) is 13.5. The van der Waals surface area contributed by atoms with Gasteiger partial charge in [-0.25, -0.2) is 4.39 Å². The molecule has 0 saturated carbocycles. The van der Waals surface area contributed by atoms with Gasteiger partial charge in [-0.3, -0.25) is 9.69 Å². The van der Waals surface area contributed by atoms with Gasteiger partial charge in [-0.15, -0.1) is 0 Å². The van der Waals surface area contributed by atoms with Crippen molar-refractivity contribution in [2.75, 3.05) is 13.7 Å². The second kappa shape index (κ2) is 5.46. The Balaban J connectivity index is 1.81. The maximum Gasteiger partial charge on any atom is 0.323 e. The molecule has 2 heterocycles. The fourth-order valence-corrected chi connectivity index (χ4v) is 2.78. The summed E-state index contributed by atoms with van der Waals surface area (Å²) in [5, 5.41) is 10.4. The van der Waals surface area contributed by atoms with Crippen molar-refractivity contribution >= 4 is 16.9 Å². The third-order valence-electron chi connectivity index (χ3n) is 3.74. The highest BCUT2D eigenvalue weighted by Gasteiger charge is 2.37. The Morgan fingerprint density at radius 2 is 2.33 bits per heavy atom. The summed E-state index contributed by atoms with van der Waals surface area (Å²) in [7, 11) is 1.33. The highest BCUT2D eigenvalue weighted by atomic mass is 19.1. The number of halogens is 1. The first-order chi connectivity index (χ1) is 10.1. The lowest BCUT2D eigenvalue weighted by molar-refractivity contribution is -0.146. The first-order valence-corrected chi connectivity index (χ1v) is 6.74. The monoisotopic (exact) mass is 293 g/mol. The number of carbonyl (C=O) groups is 1. The first-order valence-electron chi connectivity index (χ1n) is 6.74. The maximum absolute atomic E-state index is 13.2. The molecule has 0 radical (unpaired) electrons. The number of hydrogen-bond donors (Lipinski definition) is 1. The van der Waals surface area contributed by atoms with Gasteiger partial charge in [0.2, 0.25) is 0 Å². The minimum atomic E-state index is -0.559. The number of aliphatic hydroxyl groups is 1. The van der Waals surface area contributed by atoms with E-state index in [0.29, 0.717) is 36.2 Å². The number of hydrogen-bond acceptors (Lipinski definition) is 5. The van der Waals surface area contributed by atoms with Crippen LogP contribution in [0.5, 0.6) is 0 Å². The highest BCUT2D eigenvalue weighted by molar-refractivity contribution is 5.78. The zero-order valence-corrected chi connectivity index (χ0v) is 11.6. The van der Waals surface area contributed by atoms with Gasteiger partial charge in [0.25, 0.3) is 0 Å². The average Bonchev–Trinajstić information content (AvgIpc) is 3.00. The molecule has 21 heavy (non-hydrogen) atoms. The number of carbonyl (C=O) groups excluding carboxylic acids is 1. The molecule has 0 amide bonds. The van der Waals surface area contributed by atoms with Crippen LogP contribution in [-0.2, 0) is 16.1 Å². The number of benzene rings is 1. The third-order valence-corrected chi connectivity index (χ3v) is 3.74. The molecule has 1 fully saturated rings. The van der Waals surface area contributed by atoms with Crippen LogP contribution in [0.3, 0.4) is 0 Å². The molecule has 1 aliphatic rings. The molecule has 112 valence electrons. The van der Waals surface area contributed by atoms with Gasteiger partial charge < -0.3 is 14.3 Å². The van der Waals surface area contributed by atoms with Crippen molar-refractivity contribution < 1.29 is 23.4 Å². The van der Waals surface area contributed by atoms with Gasteiger partial charge in [-0.2, -0.15) is 0 Å². The topological polar surface area (TPSA) is 62.9 Å². The summed E-state index contributed by atoms with van der Waals surface area (Å²) in [5.74, 6) is -0.0637. The van der Waals surface area contributed by atoms with E-state index in [1.54, 1.807) is 12.1 Å². The number of methoxy groups -OCH3 is 1.